The molecule has 2 aromatic carbocycles. The Hall–Kier alpha value is -2.35. The molecule has 0 spiro atoms. The standard InChI is InChI=1S/C23H24ClN3O3S/c1-30-14-13-27-21(28)18-10-9-17(24)15-19(18)25-23(27)31-20(16-7-3-2-4-8-16)22(29)26-11-5-6-12-26/h2-4,7-10,15,20H,5-6,11-14H2,1H3/t20-/m0/s1. The number of halogens is 1. The van der Waals surface area contributed by atoms with Crippen molar-refractivity contribution in [3.05, 3.63) is 69.5 Å². The lowest BCUT2D eigenvalue weighted by Crippen LogP contribution is -2.32. The highest BCUT2D eigenvalue weighted by atomic mass is 35.5. The zero-order valence-corrected chi connectivity index (χ0v) is 18.9. The fourth-order valence-electron chi connectivity index (χ4n) is 3.74. The second kappa shape index (κ2) is 9.85. The van der Waals surface area contributed by atoms with Crippen LogP contribution in [0.15, 0.2) is 58.5 Å². The Morgan fingerprint density at radius 3 is 2.65 bits per heavy atom. The van der Waals surface area contributed by atoms with E-state index in [0.717, 1.165) is 31.5 Å². The normalized spacial score (nSPS) is 14.8. The maximum Gasteiger partial charge on any atom is 0.262 e. The third-order valence-corrected chi connectivity index (χ3v) is 6.84. The molecule has 8 heteroatoms. The fraction of sp³-hybridized carbons (Fsp3) is 0.348. The van der Waals surface area contributed by atoms with Gasteiger partial charge in [-0.1, -0.05) is 53.7 Å². The number of likely N-dealkylation sites (tertiary alicyclic amines) is 1. The number of aromatic nitrogens is 2. The molecule has 4 rings (SSSR count). The van der Waals surface area contributed by atoms with Crippen LogP contribution in [0, 0.1) is 0 Å². The number of benzene rings is 2. The minimum Gasteiger partial charge on any atom is -0.383 e. The van der Waals surface area contributed by atoms with Gasteiger partial charge in [-0.3, -0.25) is 14.2 Å². The van der Waals surface area contributed by atoms with E-state index >= 15 is 0 Å². The summed E-state index contributed by atoms with van der Waals surface area (Å²) in [6, 6.07) is 14.7. The van der Waals surface area contributed by atoms with Gasteiger partial charge in [0.25, 0.3) is 5.56 Å². The summed E-state index contributed by atoms with van der Waals surface area (Å²) in [5.41, 5.74) is 1.25. The van der Waals surface area contributed by atoms with E-state index in [1.54, 1.807) is 29.9 Å². The lowest BCUT2D eigenvalue weighted by molar-refractivity contribution is -0.129. The van der Waals surface area contributed by atoms with E-state index in [4.69, 9.17) is 21.3 Å². The van der Waals surface area contributed by atoms with Crippen molar-refractivity contribution in [1.29, 1.82) is 0 Å². The molecular weight excluding hydrogens is 434 g/mol. The number of carbonyl (C=O) groups is 1. The van der Waals surface area contributed by atoms with E-state index in [1.807, 2.05) is 35.2 Å². The highest BCUT2D eigenvalue weighted by Gasteiger charge is 2.30. The molecule has 0 radical (unpaired) electrons. The smallest absolute Gasteiger partial charge is 0.262 e. The van der Waals surface area contributed by atoms with Gasteiger partial charge >= 0.3 is 0 Å². The molecule has 1 fully saturated rings. The summed E-state index contributed by atoms with van der Waals surface area (Å²) in [6.07, 6.45) is 2.03. The summed E-state index contributed by atoms with van der Waals surface area (Å²) in [4.78, 5) is 33.3. The summed E-state index contributed by atoms with van der Waals surface area (Å²) in [6.45, 7) is 2.24. The predicted molar refractivity (Wildman–Crippen MR) is 124 cm³/mol. The number of hydrogen-bond acceptors (Lipinski definition) is 5. The first-order valence-electron chi connectivity index (χ1n) is 10.3. The number of methoxy groups -OCH3 is 1. The molecule has 0 bridgehead atoms. The molecule has 1 aliphatic heterocycles. The highest BCUT2D eigenvalue weighted by molar-refractivity contribution is 8.00. The summed E-state index contributed by atoms with van der Waals surface area (Å²) in [5, 5.41) is 1.000. The first kappa shape index (κ1) is 21.9. The summed E-state index contributed by atoms with van der Waals surface area (Å²) >= 11 is 7.46. The largest absolute Gasteiger partial charge is 0.383 e. The Kier molecular flexibility index (Phi) is 6.95. The first-order valence-corrected chi connectivity index (χ1v) is 11.5. The summed E-state index contributed by atoms with van der Waals surface area (Å²) in [5.74, 6) is 0.0485. The minimum absolute atomic E-state index is 0.0485. The molecule has 1 saturated heterocycles. The molecule has 0 unspecified atom stereocenters. The van der Waals surface area contributed by atoms with Crippen LogP contribution >= 0.6 is 23.4 Å². The van der Waals surface area contributed by atoms with Gasteiger partial charge in [-0.05, 0) is 36.6 Å². The van der Waals surface area contributed by atoms with Gasteiger partial charge in [-0.2, -0.15) is 0 Å². The summed E-state index contributed by atoms with van der Waals surface area (Å²) < 4.78 is 6.81. The lowest BCUT2D eigenvalue weighted by Gasteiger charge is -2.24. The SMILES string of the molecule is COCCn1c(S[C@H](C(=O)N2CCCC2)c2ccccc2)nc2cc(Cl)ccc2c1=O. The van der Waals surface area contributed by atoms with Gasteiger partial charge in [0, 0.05) is 25.2 Å². The molecule has 2 heterocycles. The monoisotopic (exact) mass is 457 g/mol. The van der Waals surface area contributed by atoms with Gasteiger partial charge in [-0.25, -0.2) is 4.98 Å². The van der Waals surface area contributed by atoms with E-state index in [0.29, 0.717) is 34.2 Å². The van der Waals surface area contributed by atoms with E-state index in [9.17, 15) is 9.59 Å². The van der Waals surface area contributed by atoms with Crippen molar-refractivity contribution >= 4 is 40.2 Å². The zero-order chi connectivity index (χ0) is 21.8. The zero-order valence-electron chi connectivity index (χ0n) is 17.3. The second-order valence-corrected chi connectivity index (χ2v) is 8.96. The highest BCUT2D eigenvalue weighted by Crippen LogP contribution is 2.37. The number of rotatable bonds is 7. The van der Waals surface area contributed by atoms with Crippen molar-refractivity contribution in [2.75, 3.05) is 26.8 Å². The Bertz CT molecular complexity index is 1130. The molecule has 162 valence electrons. The molecule has 0 N–H and O–H groups in total. The fourth-order valence-corrected chi connectivity index (χ4v) is 5.11. The van der Waals surface area contributed by atoms with Crippen molar-refractivity contribution in [1.82, 2.24) is 14.5 Å². The third-order valence-electron chi connectivity index (χ3n) is 5.37. The number of fused-ring (bicyclic) bond motifs is 1. The van der Waals surface area contributed by atoms with Gasteiger partial charge in [0.1, 0.15) is 5.25 Å². The first-order chi connectivity index (χ1) is 15.1. The van der Waals surface area contributed by atoms with E-state index in [1.165, 1.54) is 11.8 Å². The molecule has 6 nitrogen and oxygen atoms in total. The second-order valence-electron chi connectivity index (χ2n) is 7.45. The van der Waals surface area contributed by atoms with Gasteiger partial charge in [0.15, 0.2) is 5.16 Å². The number of carbonyl (C=O) groups excluding carboxylic acids is 1. The van der Waals surface area contributed by atoms with Gasteiger partial charge in [-0.15, -0.1) is 0 Å². The molecule has 1 amide bonds. The average Bonchev–Trinajstić information content (AvgIpc) is 3.32. The quantitative estimate of drug-likeness (QED) is 0.394. The number of hydrogen-bond donors (Lipinski definition) is 0. The molecule has 31 heavy (non-hydrogen) atoms. The maximum absolute atomic E-state index is 13.4. The Morgan fingerprint density at radius 1 is 1.19 bits per heavy atom. The molecule has 3 aromatic rings. The molecule has 0 aliphatic carbocycles. The van der Waals surface area contributed by atoms with Crippen LogP contribution < -0.4 is 5.56 Å². The van der Waals surface area contributed by atoms with Gasteiger partial charge in [0.05, 0.1) is 24.1 Å². The molecule has 0 saturated carbocycles. The van der Waals surface area contributed by atoms with E-state index in [2.05, 4.69) is 0 Å². The number of thioether (sulfide) groups is 1. The topological polar surface area (TPSA) is 64.4 Å². The number of amides is 1. The van der Waals surface area contributed by atoms with Crippen molar-refractivity contribution < 1.29 is 9.53 Å². The Balaban J connectivity index is 1.80. The lowest BCUT2D eigenvalue weighted by atomic mass is 10.1. The van der Waals surface area contributed by atoms with Crippen LogP contribution in [0.4, 0.5) is 0 Å². The van der Waals surface area contributed by atoms with Crippen LogP contribution in [0.2, 0.25) is 5.02 Å². The molecule has 1 aliphatic rings. The number of nitrogens with zero attached hydrogens (tertiary/aromatic N) is 3. The van der Waals surface area contributed by atoms with Crippen LogP contribution in [-0.4, -0.2) is 47.2 Å². The number of ether oxygens (including phenoxy) is 1. The minimum atomic E-state index is -0.489. The van der Waals surface area contributed by atoms with Crippen LogP contribution in [0.5, 0.6) is 0 Å². The van der Waals surface area contributed by atoms with E-state index in [-0.39, 0.29) is 11.5 Å². The van der Waals surface area contributed by atoms with Crippen LogP contribution in [0.1, 0.15) is 23.7 Å². The average molecular weight is 458 g/mol. The van der Waals surface area contributed by atoms with Crippen molar-refractivity contribution in [2.24, 2.45) is 0 Å². The molecule has 1 atom stereocenters. The van der Waals surface area contributed by atoms with Gasteiger partial charge < -0.3 is 9.64 Å². The third kappa shape index (κ3) is 4.79. The van der Waals surface area contributed by atoms with E-state index < -0.39 is 5.25 Å². The summed E-state index contributed by atoms with van der Waals surface area (Å²) in [7, 11) is 1.59. The maximum atomic E-state index is 13.4. The van der Waals surface area contributed by atoms with Crippen molar-refractivity contribution in [3.63, 3.8) is 0 Å². The van der Waals surface area contributed by atoms with Crippen LogP contribution in [0.3, 0.4) is 0 Å². The van der Waals surface area contributed by atoms with Crippen LogP contribution in [0.25, 0.3) is 10.9 Å². The van der Waals surface area contributed by atoms with Crippen molar-refractivity contribution in [3.8, 4) is 0 Å². The molecular formula is C23H24ClN3O3S. The molecule has 1 aromatic heterocycles. The Labute approximate surface area is 190 Å². The predicted octanol–water partition coefficient (Wildman–Crippen LogP) is 4.15. The van der Waals surface area contributed by atoms with Gasteiger partial charge in [0.2, 0.25) is 5.91 Å². The van der Waals surface area contributed by atoms with Crippen molar-refractivity contribution in [2.45, 2.75) is 29.8 Å². The Morgan fingerprint density at radius 2 is 1.94 bits per heavy atom. The van der Waals surface area contributed by atoms with Crippen LogP contribution in [-0.2, 0) is 16.1 Å².